The van der Waals surface area contributed by atoms with Crippen molar-refractivity contribution in [3.05, 3.63) is 17.7 Å². The fraction of sp³-hybridized carbons (Fsp3) is 0.720. The molecule has 1 amide bonds. The fourth-order valence-electron chi connectivity index (χ4n) is 6.96. The highest BCUT2D eigenvalue weighted by atomic mass is 16.5. The van der Waals surface area contributed by atoms with Gasteiger partial charge in [-0.25, -0.2) is 0 Å². The molecule has 5 rings (SSSR count). The molecule has 2 saturated carbocycles. The molecule has 2 heterocycles. The molecular formula is C25H35NO5. The Hall–Kier alpha value is -1.95. The summed E-state index contributed by atoms with van der Waals surface area (Å²) >= 11 is 0. The Bertz CT molecular complexity index is 868. The van der Waals surface area contributed by atoms with Gasteiger partial charge in [0, 0.05) is 37.1 Å². The predicted octanol–water partition coefficient (Wildman–Crippen LogP) is 4.27. The van der Waals surface area contributed by atoms with Gasteiger partial charge in [0.25, 0.3) is 0 Å². The summed E-state index contributed by atoms with van der Waals surface area (Å²) in [6.45, 7) is 8.60. The summed E-state index contributed by atoms with van der Waals surface area (Å²) in [5.74, 6) is 3.38. The van der Waals surface area contributed by atoms with Crippen molar-refractivity contribution in [2.75, 3.05) is 26.9 Å². The van der Waals surface area contributed by atoms with Crippen molar-refractivity contribution in [1.82, 2.24) is 5.32 Å². The number of carbonyl (C=O) groups is 1. The summed E-state index contributed by atoms with van der Waals surface area (Å²) in [7, 11) is 1.70. The summed E-state index contributed by atoms with van der Waals surface area (Å²) in [6.07, 6.45) is 4.60. The normalized spacial score (nSPS) is 35.2. The third-order valence-electron chi connectivity index (χ3n) is 8.54. The number of benzene rings is 1. The molecule has 170 valence electrons. The molecule has 1 aromatic carbocycles. The molecule has 2 aliphatic heterocycles. The molecule has 1 spiro atoms. The number of nitrogens with one attached hydrogen (secondary N) is 1. The fourth-order valence-corrected chi connectivity index (χ4v) is 6.96. The molecular weight excluding hydrogens is 394 g/mol. The van der Waals surface area contributed by atoms with Gasteiger partial charge in [0.2, 0.25) is 5.91 Å². The third kappa shape index (κ3) is 3.12. The van der Waals surface area contributed by atoms with Crippen LogP contribution in [-0.2, 0) is 9.53 Å². The molecule has 2 aliphatic carbocycles. The number of ether oxygens (including phenoxy) is 4. The molecule has 1 N–H and O–H groups in total. The number of hydrogen-bond donors (Lipinski definition) is 1. The number of carbonyl (C=O) groups excluding carboxylic acids is 1. The third-order valence-corrected chi connectivity index (χ3v) is 8.54. The van der Waals surface area contributed by atoms with E-state index in [4.69, 9.17) is 18.9 Å². The van der Waals surface area contributed by atoms with Gasteiger partial charge in [0.15, 0.2) is 11.5 Å². The van der Waals surface area contributed by atoms with Crippen molar-refractivity contribution in [2.24, 2.45) is 22.7 Å². The van der Waals surface area contributed by atoms with Crippen molar-refractivity contribution in [3.8, 4) is 17.2 Å². The van der Waals surface area contributed by atoms with E-state index in [1.165, 1.54) is 0 Å². The average molecular weight is 430 g/mol. The standard InChI is InChI=1S/C25H35NO5/c1-5-21(27)26-23-24(2,3)15-11-17-22(31-10-7-25(17,23)14-15)16-12-19-20(13-18(16)28-4)30-9-6-8-29-19/h12-13,15,17,22-23H,5-11,14H2,1-4H3,(H,26,27)/t15-,17-,22-,23+,25-/m1/s1. The maximum Gasteiger partial charge on any atom is 0.219 e. The lowest BCUT2D eigenvalue weighted by molar-refractivity contribution is -0.137. The smallest absolute Gasteiger partial charge is 0.219 e. The number of methoxy groups -OCH3 is 1. The van der Waals surface area contributed by atoms with Crippen molar-refractivity contribution in [1.29, 1.82) is 0 Å². The Morgan fingerprint density at radius 1 is 1.19 bits per heavy atom. The highest BCUT2D eigenvalue weighted by Gasteiger charge is 2.68. The minimum Gasteiger partial charge on any atom is -0.496 e. The molecule has 3 fully saturated rings. The first kappa shape index (κ1) is 20.9. The summed E-state index contributed by atoms with van der Waals surface area (Å²) < 4.78 is 24.1. The minimum atomic E-state index is -0.0667. The summed E-state index contributed by atoms with van der Waals surface area (Å²) in [4.78, 5) is 12.5. The van der Waals surface area contributed by atoms with E-state index in [2.05, 4.69) is 25.2 Å². The highest BCUT2D eigenvalue weighted by molar-refractivity contribution is 5.76. The van der Waals surface area contributed by atoms with Crippen LogP contribution in [0.25, 0.3) is 0 Å². The van der Waals surface area contributed by atoms with E-state index in [-0.39, 0.29) is 28.9 Å². The zero-order chi connectivity index (χ0) is 21.8. The number of amides is 1. The lowest BCUT2D eigenvalue weighted by Gasteiger charge is -2.53. The first-order chi connectivity index (χ1) is 14.9. The van der Waals surface area contributed by atoms with Gasteiger partial charge in [-0.1, -0.05) is 20.8 Å². The Kier molecular flexibility index (Phi) is 5.11. The van der Waals surface area contributed by atoms with Gasteiger partial charge < -0.3 is 24.3 Å². The second-order valence-corrected chi connectivity index (χ2v) is 10.3. The van der Waals surface area contributed by atoms with Crippen LogP contribution in [0.5, 0.6) is 17.2 Å². The highest BCUT2D eigenvalue weighted by Crippen LogP contribution is 2.71. The zero-order valence-corrected chi connectivity index (χ0v) is 19.2. The SMILES string of the molecule is CCC(=O)N[C@H]1C(C)(C)[C@@H]2C[C@@H]3[C@@H](c4cc5c(cc4OC)OCCCO5)OCC[C@@]31C2. The van der Waals surface area contributed by atoms with E-state index in [0.717, 1.165) is 48.5 Å². The van der Waals surface area contributed by atoms with Crippen LogP contribution in [-0.4, -0.2) is 38.9 Å². The average Bonchev–Trinajstić information content (AvgIpc) is 3.14. The predicted molar refractivity (Wildman–Crippen MR) is 117 cm³/mol. The van der Waals surface area contributed by atoms with Gasteiger partial charge >= 0.3 is 0 Å². The van der Waals surface area contributed by atoms with Crippen molar-refractivity contribution < 1.29 is 23.7 Å². The van der Waals surface area contributed by atoms with Crippen molar-refractivity contribution in [2.45, 2.75) is 65.0 Å². The van der Waals surface area contributed by atoms with Gasteiger partial charge in [0.05, 0.1) is 26.4 Å². The van der Waals surface area contributed by atoms with Crippen LogP contribution in [0.1, 0.15) is 64.5 Å². The van der Waals surface area contributed by atoms with Crippen LogP contribution < -0.4 is 19.5 Å². The second-order valence-electron chi connectivity index (χ2n) is 10.3. The van der Waals surface area contributed by atoms with E-state index in [9.17, 15) is 4.79 Å². The van der Waals surface area contributed by atoms with Crippen LogP contribution in [0.4, 0.5) is 0 Å². The Labute approximate surface area is 185 Å². The molecule has 1 saturated heterocycles. The molecule has 2 bridgehead atoms. The lowest BCUT2D eigenvalue weighted by Crippen LogP contribution is -2.58. The first-order valence-electron chi connectivity index (χ1n) is 11.8. The van der Waals surface area contributed by atoms with Gasteiger partial charge in [-0.3, -0.25) is 4.79 Å². The number of hydrogen-bond acceptors (Lipinski definition) is 5. The largest absolute Gasteiger partial charge is 0.496 e. The minimum absolute atomic E-state index is 0.0665. The molecule has 0 aromatic heterocycles. The van der Waals surface area contributed by atoms with E-state index in [1.54, 1.807) is 7.11 Å². The van der Waals surface area contributed by atoms with Crippen molar-refractivity contribution in [3.63, 3.8) is 0 Å². The van der Waals surface area contributed by atoms with Crippen LogP contribution in [0, 0.1) is 22.7 Å². The van der Waals surface area contributed by atoms with Crippen LogP contribution in [0.3, 0.4) is 0 Å². The molecule has 31 heavy (non-hydrogen) atoms. The second kappa shape index (κ2) is 7.58. The Balaban J connectivity index is 1.53. The summed E-state index contributed by atoms with van der Waals surface area (Å²) in [6, 6.07) is 4.20. The lowest BCUT2D eigenvalue weighted by atomic mass is 9.58. The van der Waals surface area contributed by atoms with E-state index < -0.39 is 0 Å². The van der Waals surface area contributed by atoms with Crippen molar-refractivity contribution >= 4 is 5.91 Å². The van der Waals surface area contributed by atoms with Crippen LogP contribution in [0.2, 0.25) is 0 Å². The number of fused-ring (bicyclic) bond motifs is 2. The quantitative estimate of drug-likeness (QED) is 0.775. The summed E-state index contributed by atoms with van der Waals surface area (Å²) in [5.41, 5.74) is 1.21. The van der Waals surface area contributed by atoms with Gasteiger partial charge in [0.1, 0.15) is 5.75 Å². The molecule has 0 unspecified atom stereocenters. The molecule has 1 aromatic rings. The monoisotopic (exact) mass is 429 g/mol. The maximum atomic E-state index is 12.5. The molecule has 6 nitrogen and oxygen atoms in total. The van der Waals surface area contributed by atoms with Crippen LogP contribution >= 0.6 is 0 Å². The molecule has 0 radical (unpaired) electrons. The number of rotatable bonds is 4. The van der Waals surface area contributed by atoms with Gasteiger partial charge in [-0.05, 0) is 48.0 Å². The summed E-state index contributed by atoms with van der Waals surface area (Å²) in [5, 5.41) is 3.43. The van der Waals surface area contributed by atoms with E-state index >= 15 is 0 Å². The first-order valence-corrected chi connectivity index (χ1v) is 11.8. The topological polar surface area (TPSA) is 66.0 Å². The Morgan fingerprint density at radius 2 is 1.94 bits per heavy atom. The molecule has 4 aliphatic rings. The van der Waals surface area contributed by atoms with E-state index in [0.29, 0.717) is 38.1 Å². The maximum absolute atomic E-state index is 12.5. The molecule has 6 heteroatoms. The van der Waals surface area contributed by atoms with Gasteiger partial charge in [-0.15, -0.1) is 0 Å². The zero-order valence-electron chi connectivity index (χ0n) is 19.2. The Morgan fingerprint density at radius 3 is 2.65 bits per heavy atom. The molecule has 5 atom stereocenters. The van der Waals surface area contributed by atoms with Crippen LogP contribution in [0.15, 0.2) is 12.1 Å². The van der Waals surface area contributed by atoms with Gasteiger partial charge in [-0.2, -0.15) is 0 Å². The van der Waals surface area contributed by atoms with E-state index in [1.807, 2.05) is 13.0 Å².